The molecule has 0 aliphatic carbocycles. The molecule has 8 heteroatoms. The molecule has 1 unspecified atom stereocenters. The van der Waals surface area contributed by atoms with E-state index in [1.165, 1.54) is 38.5 Å². The van der Waals surface area contributed by atoms with Crippen LogP contribution in [0.4, 0.5) is 4.79 Å². The van der Waals surface area contributed by atoms with Crippen molar-refractivity contribution in [2.45, 2.75) is 124 Å². The van der Waals surface area contributed by atoms with E-state index >= 15 is 0 Å². The summed E-state index contributed by atoms with van der Waals surface area (Å²) >= 11 is 0. The van der Waals surface area contributed by atoms with Crippen molar-refractivity contribution in [3.05, 3.63) is 24.3 Å². The van der Waals surface area contributed by atoms with E-state index < -0.39 is 12.4 Å². The first kappa shape index (κ1) is 40.1. The van der Waals surface area contributed by atoms with Gasteiger partial charge in [0.25, 0.3) is 0 Å². The molecule has 0 N–H and O–H groups in total. The van der Waals surface area contributed by atoms with Crippen LogP contribution in [-0.2, 0) is 28.5 Å². The molecule has 0 fully saturated rings. The Kier molecular flexibility index (Phi) is 29.2. The lowest BCUT2D eigenvalue weighted by Gasteiger charge is -2.18. The number of hydrogen-bond acceptors (Lipinski definition) is 8. The highest BCUT2D eigenvalue weighted by atomic mass is 16.7. The molecule has 0 saturated heterocycles. The first-order chi connectivity index (χ1) is 20.5. The van der Waals surface area contributed by atoms with E-state index in [-0.39, 0.29) is 31.5 Å². The summed E-state index contributed by atoms with van der Waals surface area (Å²) in [4.78, 5) is 26.5. The van der Waals surface area contributed by atoms with Crippen molar-refractivity contribution in [1.82, 2.24) is 4.90 Å². The quantitative estimate of drug-likeness (QED) is 0.0369. The Labute approximate surface area is 257 Å². The SMILES string of the molecule is CCCCC/C=C\CCOC(CCC(=O)OCC(C)COC(=O)OCCCN(CC)CC)OCC/C=C\CCCCC. The molecule has 0 spiro atoms. The van der Waals surface area contributed by atoms with Crippen molar-refractivity contribution >= 4 is 12.1 Å². The maximum Gasteiger partial charge on any atom is 0.508 e. The molecule has 0 amide bonds. The minimum Gasteiger partial charge on any atom is -0.465 e. The van der Waals surface area contributed by atoms with Gasteiger partial charge >= 0.3 is 12.1 Å². The topological polar surface area (TPSA) is 83.5 Å². The molecule has 246 valence electrons. The predicted octanol–water partition coefficient (Wildman–Crippen LogP) is 8.24. The number of carbonyl (C=O) groups excluding carboxylic acids is 2. The van der Waals surface area contributed by atoms with E-state index in [1.807, 2.05) is 6.92 Å². The minimum atomic E-state index is -0.684. The number of esters is 1. The van der Waals surface area contributed by atoms with Gasteiger partial charge in [-0.05, 0) is 58.0 Å². The molecule has 42 heavy (non-hydrogen) atoms. The van der Waals surface area contributed by atoms with Gasteiger partial charge in [0.2, 0.25) is 0 Å². The summed E-state index contributed by atoms with van der Waals surface area (Å²) in [5.41, 5.74) is 0. The van der Waals surface area contributed by atoms with E-state index in [1.54, 1.807) is 0 Å². The zero-order valence-corrected chi connectivity index (χ0v) is 27.6. The lowest BCUT2D eigenvalue weighted by Crippen LogP contribution is -2.25. The number of rotatable bonds is 29. The zero-order valence-electron chi connectivity index (χ0n) is 27.6. The molecule has 0 aromatic carbocycles. The lowest BCUT2D eigenvalue weighted by molar-refractivity contribution is -0.158. The fourth-order valence-electron chi connectivity index (χ4n) is 4.07. The van der Waals surface area contributed by atoms with Crippen molar-refractivity contribution in [2.24, 2.45) is 5.92 Å². The van der Waals surface area contributed by atoms with Gasteiger partial charge in [-0.15, -0.1) is 0 Å². The highest BCUT2D eigenvalue weighted by molar-refractivity contribution is 5.69. The molecule has 0 aliphatic heterocycles. The molecule has 0 radical (unpaired) electrons. The molecule has 0 aliphatic rings. The molecular weight excluding hydrogens is 534 g/mol. The summed E-state index contributed by atoms with van der Waals surface area (Å²) in [5, 5.41) is 0. The molecule has 0 heterocycles. The average molecular weight is 598 g/mol. The second kappa shape index (κ2) is 30.6. The number of unbranched alkanes of at least 4 members (excludes halogenated alkanes) is 6. The van der Waals surface area contributed by atoms with Crippen LogP contribution in [0.25, 0.3) is 0 Å². The van der Waals surface area contributed by atoms with Crippen molar-refractivity contribution in [1.29, 1.82) is 0 Å². The Hall–Kier alpha value is -1.90. The second-order valence-electron chi connectivity index (χ2n) is 10.8. The second-order valence-corrected chi connectivity index (χ2v) is 10.8. The van der Waals surface area contributed by atoms with Gasteiger partial charge in [-0.25, -0.2) is 4.79 Å². The third-order valence-electron chi connectivity index (χ3n) is 6.79. The monoisotopic (exact) mass is 597 g/mol. The summed E-state index contributed by atoms with van der Waals surface area (Å²) < 4.78 is 27.6. The van der Waals surface area contributed by atoms with E-state index in [4.69, 9.17) is 23.7 Å². The zero-order chi connectivity index (χ0) is 31.1. The largest absolute Gasteiger partial charge is 0.508 e. The Bertz CT molecular complexity index is 653. The Balaban J connectivity index is 4.30. The fraction of sp³-hybridized carbons (Fsp3) is 0.824. The molecule has 0 bridgehead atoms. The van der Waals surface area contributed by atoms with Crippen LogP contribution in [0.1, 0.15) is 118 Å². The summed E-state index contributed by atoms with van der Waals surface area (Å²) in [7, 11) is 0. The summed E-state index contributed by atoms with van der Waals surface area (Å²) in [6, 6.07) is 0. The van der Waals surface area contributed by atoms with Crippen LogP contribution >= 0.6 is 0 Å². The van der Waals surface area contributed by atoms with Crippen molar-refractivity contribution in [3.63, 3.8) is 0 Å². The van der Waals surface area contributed by atoms with Crippen LogP contribution < -0.4 is 0 Å². The van der Waals surface area contributed by atoms with Gasteiger partial charge in [0.05, 0.1) is 32.8 Å². The van der Waals surface area contributed by atoms with Crippen molar-refractivity contribution in [2.75, 3.05) is 52.7 Å². The maximum absolute atomic E-state index is 12.4. The van der Waals surface area contributed by atoms with E-state index in [0.29, 0.717) is 26.2 Å². The Morgan fingerprint density at radius 2 is 1.21 bits per heavy atom. The summed E-state index contributed by atoms with van der Waals surface area (Å²) in [6.07, 6.45) is 20.3. The third-order valence-corrected chi connectivity index (χ3v) is 6.79. The first-order valence-corrected chi connectivity index (χ1v) is 16.7. The van der Waals surface area contributed by atoms with Gasteiger partial charge in [-0.3, -0.25) is 4.79 Å². The number of nitrogens with zero attached hydrogens (tertiary/aromatic N) is 1. The molecule has 0 rings (SSSR count). The third kappa shape index (κ3) is 27.0. The number of hydrogen-bond donors (Lipinski definition) is 0. The minimum absolute atomic E-state index is 0.131. The van der Waals surface area contributed by atoms with Crippen LogP contribution in [0.15, 0.2) is 24.3 Å². The molecular formula is C34H63NO7. The van der Waals surface area contributed by atoms with Crippen LogP contribution in [0.3, 0.4) is 0 Å². The normalized spacial score (nSPS) is 12.5. The predicted molar refractivity (Wildman–Crippen MR) is 171 cm³/mol. The highest BCUT2D eigenvalue weighted by Crippen LogP contribution is 2.10. The molecule has 0 saturated carbocycles. The number of allylic oxidation sites excluding steroid dienone is 2. The van der Waals surface area contributed by atoms with Crippen LogP contribution in [0.5, 0.6) is 0 Å². The maximum atomic E-state index is 12.4. The van der Waals surface area contributed by atoms with Gasteiger partial charge in [0, 0.05) is 18.9 Å². The first-order valence-electron chi connectivity index (χ1n) is 16.7. The summed E-state index contributed by atoms with van der Waals surface area (Å²) in [6.45, 7) is 15.1. The average Bonchev–Trinajstić information content (AvgIpc) is 2.99. The van der Waals surface area contributed by atoms with E-state index in [9.17, 15) is 9.59 Å². The summed E-state index contributed by atoms with van der Waals surface area (Å²) in [5.74, 6) is -0.446. The Morgan fingerprint density at radius 1 is 0.667 bits per heavy atom. The van der Waals surface area contributed by atoms with E-state index in [2.05, 4.69) is 56.9 Å². The van der Waals surface area contributed by atoms with Gasteiger partial charge in [0.15, 0.2) is 6.29 Å². The van der Waals surface area contributed by atoms with E-state index in [0.717, 1.165) is 51.7 Å². The fourth-order valence-corrected chi connectivity index (χ4v) is 4.07. The molecule has 8 nitrogen and oxygen atoms in total. The highest BCUT2D eigenvalue weighted by Gasteiger charge is 2.15. The van der Waals surface area contributed by atoms with Gasteiger partial charge in [0.1, 0.15) is 6.61 Å². The molecule has 0 aromatic heterocycles. The number of ether oxygens (including phenoxy) is 5. The van der Waals surface area contributed by atoms with Gasteiger partial charge < -0.3 is 28.6 Å². The Morgan fingerprint density at radius 3 is 1.76 bits per heavy atom. The molecule has 0 aromatic rings. The number of carbonyl (C=O) groups is 2. The van der Waals surface area contributed by atoms with Gasteiger partial charge in [-0.1, -0.05) is 84.6 Å². The lowest BCUT2D eigenvalue weighted by atomic mass is 10.2. The molecule has 1 atom stereocenters. The van der Waals surface area contributed by atoms with Crippen LogP contribution in [-0.4, -0.2) is 76.0 Å². The van der Waals surface area contributed by atoms with Gasteiger partial charge in [-0.2, -0.15) is 0 Å². The van der Waals surface area contributed by atoms with Crippen molar-refractivity contribution < 1.29 is 33.3 Å². The van der Waals surface area contributed by atoms with Crippen LogP contribution in [0.2, 0.25) is 0 Å². The van der Waals surface area contributed by atoms with Crippen LogP contribution in [0, 0.1) is 5.92 Å². The smallest absolute Gasteiger partial charge is 0.465 e. The standard InChI is InChI=1S/C34H63NO7/c1-6-10-12-14-16-18-20-26-38-33(39-27-21-19-17-15-13-11-7-2)24-23-32(36)41-29-31(5)30-42-34(37)40-28-22-25-35(8-3)9-4/h16-19,31,33H,6-15,20-30H2,1-5H3/b18-16-,19-17-. The van der Waals surface area contributed by atoms with Crippen molar-refractivity contribution in [3.8, 4) is 0 Å².